The molecular weight excluding hydrogens is 457 g/mol. The first-order valence-electron chi connectivity index (χ1n) is 9.16. The van der Waals surface area contributed by atoms with E-state index in [1.54, 1.807) is 49.5 Å². The van der Waals surface area contributed by atoms with Gasteiger partial charge in [-0.1, -0.05) is 29.3 Å². The Kier molecular flexibility index (Phi) is 7.97. The van der Waals surface area contributed by atoms with Crippen LogP contribution in [-0.4, -0.2) is 47.7 Å². The van der Waals surface area contributed by atoms with Crippen LogP contribution in [0, 0.1) is 0 Å². The fourth-order valence-electron chi connectivity index (χ4n) is 2.37. The Morgan fingerprint density at radius 3 is 2.38 bits per heavy atom. The fourth-order valence-corrected chi connectivity index (χ4v) is 2.57. The maximum atomic E-state index is 12.0. The average molecular weight is 474 g/mol. The number of aromatic nitrogens is 7. The van der Waals surface area contributed by atoms with Crippen molar-refractivity contribution < 1.29 is 9.53 Å². The molecule has 0 saturated carbocycles. The van der Waals surface area contributed by atoms with Crippen LogP contribution >= 0.6 is 23.2 Å². The number of nitrogens with zero attached hydrogens (tertiary/aromatic N) is 7. The van der Waals surface area contributed by atoms with Crippen molar-refractivity contribution in [1.82, 2.24) is 35.2 Å². The van der Waals surface area contributed by atoms with Crippen LogP contribution in [0.3, 0.4) is 0 Å². The summed E-state index contributed by atoms with van der Waals surface area (Å²) in [5, 5.41) is 19.8. The lowest BCUT2D eigenvalue weighted by atomic mass is 10.2. The van der Waals surface area contributed by atoms with Crippen molar-refractivity contribution in [3.05, 3.63) is 70.7 Å². The first-order valence-corrected chi connectivity index (χ1v) is 9.91. The van der Waals surface area contributed by atoms with E-state index in [1.165, 1.54) is 4.68 Å². The van der Waals surface area contributed by atoms with Gasteiger partial charge in [0.15, 0.2) is 27.6 Å². The zero-order valence-corrected chi connectivity index (χ0v) is 18.2. The van der Waals surface area contributed by atoms with Gasteiger partial charge in [-0.2, -0.15) is 5.10 Å². The number of hydrogen-bond acceptors (Lipinski definition) is 10. The van der Waals surface area contributed by atoms with E-state index in [4.69, 9.17) is 33.8 Å². The van der Waals surface area contributed by atoms with Crippen molar-refractivity contribution in [3.63, 3.8) is 0 Å². The van der Waals surface area contributed by atoms with Gasteiger partial charge in [-0.25, -0.2) is 15.3 Å². The molecular formula is C19H17Cl2N9O2. The van der Waals surface area contributed by atoms with Gasteiger partial charge in [0.1, 0.15) is 0 Å². The molecule has 0 aromatic carbocycles. The van der Waals surface area contributed by atoms with Gasteiger partial charge in [-0.05, 0) is 43.3 Å². The number of nitrogens with one attached hydrogen (secondary N) is 1. The molecule has 0 aliphatic carbocycles. The van der Waals surface area contributed by atoms with Crippen molar-refractivity contribution in [3.8, 4) is 17.2 Å². The number of halogens is 2. The maximum Gasteiger partial charge on any atom is 0.358 e. The molecule has 0 radical (unpaired) electrons. The van der Waals surface area contributed by atoms with Gasteiger partial charge in [0.25, 0.3) is 0 Å². The first kappa shape index (κ1) is 23.0. The molecule has 164 valence electrons. The van der Waals surface area contributed by atoms with Gasteiger partial charge in [0, 0.05) is 12.3 Å². The zero-order valence-electron chi connectivity index (χ0n) is 16.7. The highest BCUT2D eigenvalue weighted by molar-refractivity contribution is 6.29. The van der Waals surface area contributed by atoms with E-state index >= 15 is 0 Å². The second-order valence-electron chi connectivity index (χ2n) is 5.86. The third-order valence-electron chi connectivity index (χ3n) is 3.74. The Balaban J connectivity index is 0.000000269. The summed E-state index contributed by atoms with van der Waals surface area (Å²) in [5.74, 6) is 5.42. The van der Waals surface area contributed by atoms with Gasteiger partial charge in [-0.15, -0.1) is 20.4 Å². The number of pyridine rings is 1. The van der Waals surface area contributed by atoms with Crippen molar-refractivity contribution in [1.29, 1.82) is 0 Å². The number of rotatable bonds is 5. The predicted molar refractivity (Wildman–Crippen MR) is 118 cm³/mol. The van der Waals surface area contributed by atoms with Crippen LogP contribution in [0.25, 0.3) is 17.2 Å². The van der Waals surface area contributed by atoms with Crippen LogP contribution in [0.2, 0.25) is 10.3 Å². The number of carbonyl (C=O) groups excluding carboxylic acids is 1. The maximum absolute atomic E-state index is 12.0. The van der Waals surface area contributed by atoms with E-state index < -0.39 is 5.97 Å². The standard InChI is InChI=1S/C15H12ClN5O2.C4H5ClN4/c1-2-23-15(22)11-9-12(10-5-3-4-8-17-10)21(20-11)14-7-6-13(16)18-19-14;5-3-1-2-4(7-6)9-8-3/h3-9H,2H2,1H3;1-2H,6H2,(H,7,9). The molecule has 0 unspecified atom stereocenters. The zero-order chi connectivity index (χ0) is 22.9. The summed E-state index contributed by atoms with van der Waals surface area (Å²) in [6.45, 7) is 2.00. The van der Waals surface area contributed by atoms with Crippen LogP contribution in [0.4, 0.5) is 5.82 Å². The van der Waals surface area contributed by atoms with Gasteiger partial charge >= 0.3 is 5.97 Å². The van der Waals surface area contributed by atoms with Crippen LogP contribution in [0.1, 0.15) is 17.4 Å². The Hall–Kier alpha value is -3.67. The van der Waals surface area contributed by atoms with E-state index in [1.807, 2.05) is 12.1 Å². The summed E-state index contributed by atoms with van der Waals surface area (Å²) in [5.41, 5.74) is 3.74. The van der Waals surface area contributed by atoms with Crippen LogP contribution in [-0.2, 0) is 4.74 Å². The molecule has 11 nitrogen and oxygen atoms in total. The van der Waals surface area contributed by atoms with Gasteiger partial charge in [-0.3, -0.25) is 4.98 Å². The third-order valence-corrected chi connectivity index (χ3v) is 4.14. The van der Waals surface area contributed by atoms with E-state index in [2.05, 4.69) is 35.9 Å². The topological polar surface area (TPSA) is 147 Å². The number of ether oxygens (including phenoxy) is 1. The number of nitrogens with two attached hydrogens (primary N) is 1. The summed E-state index contributed by atoms with van der Waals surface area (Å²) < 4.78 is 6.48. The summed E-state index contributed by atoms with van der Waals surface area (Å²) in [4.78, 5) is 16.2. The number of hydrazine groups is 1. The molecule has 0 spiro atoms. The lowest BCUT2D eigenvalue weighted by Gasteiger charge is -2.04. The molecule has 0 atom stereocenters. The SMILES string of the molecule is CCOC(=O)c1cc(-c2ccccn2)n(-c2ccc(Cl)nn2)n1.NNc1ccc(Cl)nn1. The second kappa shape index (κ2) is 11.1. The predicted octanol–water partition coefficient (Wildman–Crippen LogP) is 2.97. The molecule has 0 saturated heterocycles. The number of carbonyl (C=O) groups is 1. The molecule has 3 N–H and O–H groups in total. The Morgan fingerprint density at radius 2 is 1.81 bits per heavy atom. The molecule has 32 heavy (non-hydrogen) atoms. The summed E-state index contributed by atoms with van der Waals surface area (Å²) >= 11 is 11.2. The minimum Gasteiger partial charge on any atom is -0.461 e. The normalized spacial score (nSPS) is 10.1. The third kappa shape index (κ3) is 5.94. The van der Waals surface area contributed by atoms with Crippen LogP contribution < -0.4 is 11.3 Å². The number of nitrogen functional groups attached to an aromatic ring is 1. The molecule has 0 amide bonds. The highest BCUT2D eigenvalue weighted by atomic mass is 35.5. The molecule has 4 heterocycles. The molecule has 0 aliphatic heterocycles. The molecule has 0 aliphatic rings. The number of esters is 1. The van der Waals surface area contributed by atoms with Crippen LogP contribution in [0.5, 0.6) is 0 Å². The molecule has 4 aromatic rings. The van der Waals surface area contributed by atoms with Crippen molar-refractivity contribution >= 4 is 35.0 Å². The molecule has 4 aromatic heterocycles. The number of hydrogen-bond donors (Lipinski definition) is 2. The second-order valence-corrected chi connectivity index (χ2v) is 6.64. The lowest BCUT2D eigenvalue weighted by Crippen LogP contribution is -2.08. The largest absolute Gasteiger partial charge is 0.461 e. The first-order chi connectivity index (χ1) is 15.5. The van der Waals surface area contributed by atoms with Gasteiger partial charge in [0.2, 0.25) is 0 Å². The van der Waals surface area contributed by atoms with E-state index in [9.17, 15) is 4.79 Å². The summed E-state index contributed by atoms with van der Waals surface area (Å²) in [6.07, 6.45) is 1.66. The Morgan fingerprint density at radius 1 is 1.06 bits per heavy atom. The minimum absolute atomic E-state index is 0.171. The monoisotopic (exact) mass is 473 g/mol. The van der Waals surface area contributed by atoms with E-state index in [-0.39, 0.29) is 17.5 Å². The summed E-state index contributed by atoms with van der Waals surface area (Å²) in [7, 11) is 0. The van der Waals surface area contributed by atoms with Gasteiger partial charge in [0.05, 0.1) is 18.0 Å². The molecule has 0 bridgehead atoms. The van der Waals surface area contributed by atoms with Gasteiger partial charge < -0.3 is 10.2 Å². The fraction of sp³-hybridized carbons (Fsp3) is 0.105. The average Bonchev–Trinajstić information content (AvgIpc) is 3.27. The molecule has 4 rings (SSSR count). The van der Waals surface area contributed by atoms with Crippen molar-refractivity contribution in [2.45, 2.75) is 6.92 Å². The van der Waals surface area contributed by atoms with E-state index in [0.717, 1.165) is 0 Å². The quantitative estimate of drug-likeness (QED) is 0.251. The Labute approximate surface area is 192 Å². The van der Waals surface area contributed by atoms with Crippen molar-refractivity contribution in [2.24, 2.45) is 5.84 Å². The minimum atomic E-state index is -0.509. The van der Waals surface area contributed by atoms with Crippen molar-refractivity contribution in [2.75, 3.05) is 12.0 Å². The molecule has 0 fully saturated rings. The van der Waals surface area contributed by atoms with Crippen LogP contribution in [0.15, 0.2) is 54.7 Å². The Bertz CT molecular complexity index is 1150. The van der Waals surface area contributed by atoms with E-state index in [0.29, 0.717) is 28.2 Å². The highest BCUT2D eigenvalue weighted by Crippen LogP contribution is 2.22. The smallest absolute Gasteiger partial charge is 0.358 e. The number of anilines is 1. The molecule has 13 heteroatoms. The summed E-state index contributed by atoms with van der Waals surface area (Å²) in [6, 6.07) is 13.6. The lowest BCUT2D eigenvalue weighted by molar-refractivity contribution is 0.0519. The highest BCUT2D eigenvalue weighted by Gasteiger charge is 2.19.